The van der Waals surface area contributed by atoms with Crippen LogP contribution in [0.4, 0.5) is 4.39 Å². The Kier molecular flexibility index (Phi) is 3.87. The predicted molar refractivity (Wildman–Crippen MR) is 78.3 cm³/mol. The van der Waals surface area contributed by atoms with Gasteiger partial charge in [-0.2, -0.15) is 0 Å². The summed E-state index contributed by atoms with van der Waals surface area (Å²) >= 11 is 7.67. The molecule has 1 aromatic carbocycles. The van der Waals surface area contributed by atoms with Gasteiger partial charge in [0.05, 0.1) is 5.02 Å². The highest BCUT2D eigenvalue weighted by molar-refractivity contribution is 7.12. The van der Waals surface area contributed by atoms with E-state index in [9.17, 15) is 4.39 Å². The van der Waals surface area contributed by atoms with Crippen molar-refractivity contribution in [1.29, 1.82) is 0 Å². The van der Waals surface area contributed by atoms with E-state index in [1.807, 2.05) is 11.3 Å². The fourth-order valence-electron chi connectivity index (χ4n) is 2.46. The zero-order chi connectivity index (χ0) is 13.2. The molecule has 0 unspecified atom stereocenters. The van der Waals surface area contributed by atoms with Crippen LogP contribution in [0.2, 0.25) is 5.02 Å². The lowest BCUT2D eigenvalue weighted by molar-refractivity contribution is 0.625. The monoisotopic (exact) mass is 295 g/mol. The van der Waals surface area contributed by atoms with Gasteiger partial charge in [0.25, 0.3) is 0 Å². The molecule has 3 rings (SSSR count). The van der Waals surface area contributed by atoms with Gasteiger partial charge in [0.15, 0.2) is 0 Å². The largest absolute Gasteiger partial charge is 0.308 e. The Morgan fingerprint density at radius 3 is 2.89 bits per heavy atom. The summed E-state index contributed by atoms with van der Waals surface area (Å²) in [7, 11) is 0. The van der Waals surface area contributed by atoms with E-state index in [0.29, 0.717) is 6.54 Å². The summed E-state index contributed by atoms with van der Waals surface area (Å²) in [5, 5.41) is 3.57. The van der Waals surface area contributed by atoms with Crippen molar-refractivity contribution in [3.63, 3.8) is 0 Å². The maximum absolute atomic E-state index is 13.0. The van der Waals surface area contributed by atoms with Crippen molar-refractivity contribution in [2.75, 3.05) is 0 Å². The third kappa shape index (κ3) is 2.99. The first-order valence-electron chi connectivity index (χ1n) is 6.47. The molecular formula is C15H15ClFNS. The van der Waals surface area contributed by atoms with E-state index >= 15 is 0 Å². The van der Waals surface area contributed by atoms with Gasteiger partial charge in [-0.1, -0.05) is 17.7 Å². The number of hydrogen-bond acceptors (Lipinski definition) is 2. The van der Waals surface area contributed by atoms with Crippen LogP contribution >= 0.6 is 22.9 Å². The average molecular weight is 296 g/mol. The predicted octanol–water partition coefficient (Wildman–Crippen LogP) is 4.32. The lowest BCUT2D eigenvalue weighted by Gasteiger charge is -2.04. The first-order chi connectivity index (χ1) is 9.22. The average Bonchev–Trinajstić information content (AvgIpc) is 2.94. The Morgan fingerprint density at radius 2 is 2.11 bits per heavy atom. The van der Waals surface area contributed by atoms with Gasteiger partial charge in [0, 0.05) is 22.8 Å². The Morgan fingerprint density at radius 1 is 1.21 bits per heavy atom. The summed E-state index contributed by atoms with van der Waals surface area (Å²) in [6.07, 6.45) is 3.79. The van der Waals surface area contributed by atoms with Crippen molar-refractivity contribution in [2.24, 2.45) is 0 Å². The molecule has 0 atom stereocenters. The van der Waals surface area contributed by atoms with Gasteiger partial charge in [0.1, 0.15) is 5.82 Å². The minimum Gasteiger partial charge on any atom is -0.308 e. The molecule has 100 valence electrons. The number of fused-ring (bicyclic) bond motifs is 1. The number of nitrogens with one attached hydrogen (secondary N) is 1. The zero-order valence-electron chi connectivity index (χ0n) is 10.5. The van der Waals surface area contributed by atoms with Gasteiger partial charge in [0.2, 0.25) is 0 Å². The van der Waals surface area contributed by atoms with Gasteiger partial charge in [-0.25, -0.2) is 4.39 Å². The SMILES string of the molecule is Fc1ccc(CNCc2cc3c(s2)CCC3)cc1Cl. The van der Waals surface area contributed by atoms with Gasteiger partial charge in [-0.05, 0) is 48.6 Å². The minimum absolute atomic E-state index is 0.189. The van der Waals surface area contributed by atoms with Crippen molar-refractivity contribution >= 4 is 22.9 Å². The third-order valence-electron chi connectivity index (χ3n) is 3.41. The summed E-state index contributed by atoms with van der Waals surface area (Å²) < 4.78 is 13.0. The van der Waals surface area contributed by atoms with Crippen LogP contribution < -0.4 is 5.32 Å². The van der Waals surface area contributed by atoms with Crippen LogP contribution in [0.1, 0.15) is 27.3 Å². The fraction of sp³-hybridized carbons (Fsp3) is 0.333. The molecule has 0 radical (unpaired) electrons. The summed E-state index contributed by atoms with van der Waals surface area (Å²) in [5.41, 5.74) is 2.54. The molecule has 1 aliphatic carbocycles. The molecule has 0 saturated heterocycles. The minimum atomic E-state index is -0.361. The van der Waals surface area contributed by atoms with Crippen molar-refractivity contribution in [2.45, 2.75) is 32.4 Å². The molecule has 1 nitrogen and oxygen atoms in total. The van der Waals surface area contributed by atoms with Crippen LogP contribution in [0.3, 0.4) is 0 Å². The van der Waals surface area contributed by atoms with Crippen LogP contribution in [-0.4, -0.2) is 0 Å². The second-order valence-electron chi connectivity index (χ2n) is 4.87. The Labute approximate surface area is 121 Å². The fourth-order valence-corrected chi connectivity index (χ4v) is 3.89. The number of rotatable bonds is 4. The molecule has 1 N–H and O–H groups in total. The molecule has 0 aliphatic heterocycles. The highest BCUT2D eigenvalue weighted by Crippen LogP contribution is 2.30. The first-order valence-corrected chi connectivity index (χ1v) is 7.67. The van der Waals surface area contributed by atoms with Crippen molar-refractivity contribution < 1.29 is 4.39 Å². The van der Waals surface area contributed by atoms with E-state index in [1.54, 1.807) is 17.0 Å². The molecule has 2 aromatic rings. The van der Waals surface area contributed by atoms with Crippen LogP contribution in [-0.2, 0) is 25.9 Å². The smallest absolute Gasteiger partial charge is 0.141 e. The second kappa shape index (κ2) is 5.61. The zero-order valence-corrected chi connectivity index (χ0v) is 12.1. The van der Waals surface area contributed by atoms with Crippen LogP contribution in [0.15, 0.2) is 24.3 Å². The third-order valence-corrected chi connectivity index (χ3v) is 4.94. The van der Waals surface area contributed by atoms with E-state index in [2.05, 4.69) is 11.4 Å². The summed E-state index contributed by atoms with van der Waals surface area (Å²) in [6, 6.07) is 7.18. The molecule has 0 saturated carbocycles. The van der Waals surface area contributed by atoms with Crippen LogP contribution in [0.25, 0.3) is 0 Å². The van der Waals surface area contributed by atoms with Gasteiger partial charge >= 0.3 is 0 Å². The molecule has 1 aliphatic rings. The highest BCUT2D eigenvalue weighted by atomic mass is 35.5. The van der Waals surface area contributed by atoms with Gasteiger partial charge < -0.3 is 5.32 Å². The number of benzene rings is 1. The maximum atomic E-state index is 13.0. The van der Waals surface area contributed by atoms with E-state index < -0.39 is 0 Å². The maximum Gasteiger partial charge on any atom is 0.141 e. The van der Waals surface area contributed by atoms with Crippen molar-refractivity contribution in [3.8, 4) is 0 Å². The number of hydrogen-bond donors (Lipinski definition) is 1. The molecule has 0 amide bonds. The quantitative estimate of drug-likeness (QED) is 0.886. The van der Waals surface area contributed by atoms with Gasteiger partial charge in [-0.3, -0.25) is 0 Å². The normalized spacial score (nSPS) is 13.8. The molecular weight excluding hydrogens is 281 g/mol. The molecule has 0 bridgehead atoms. The number of thiophene rings is 1. The molecule has 4 heteroatoms. The van der Waals surface area contributed by atoms with Crippen LogP contribution in [0, 0.1) is 5.82 Å². The number of aryl methyl sites for hydroxylation is 2. The Balaban J connectivity index is 1.56. The first kappa shape index (κ1) is 13.1. The van der Waals surface area contributed by atoms with E-state index in [0.717, 1.165) is 12.1 Å². The molecule has 0 spiro atoms. The van der Waals surface area contributed by atoms with Gasteiger partial charge in [-0.15, -0.1) is 11.3 Å². The Hall–Kier alpha value is -0.900. The second-order valence-corrected chi connectivity index (χ2v) is 6.50. The standard InChI is InChI=1S/C15H15ClFNS/c16-13-6-10(4-5-14(13)17)8-18-9-12-7-11-2-1-3-15(11)19-12/h4-7,18H,1-3,8-9H2. The van der Waals surface area contributed by atoms with Crippen LogP contribution in [0.5, 0.6) is 0 Å². The summed E-state index contributed by atoms with van der Waals surface area (Å²) in [5.74, 6) is -0.361. The summed E-state index contributed by atoms with van der Waals surface area (Å²) in [4.78, 5) is 2.94. The molecule has 1 heterocycles. The van der Waals surface area contributed by atoms with E-state index in [4.69, 9.17) is 11.6 Å². The summed E-state index contributed by atoms with van der Waals surface area (Å²) in [6.45, 7) is 1.58. The Bertz CT molecular complexity index is 572. The number of halogens is 2. The lowest BCUT2D eigenvalue weighted by atomic mass is 10.2. The molecule has 19 heavy (non-hydrogen) atoms. The lowest BCUT2D eigenvalue weighted by Crippen LogP contribution is -2.11. The van der Waals surface area contributed by atoms with Crippen molar-refractivity contribution in [1.82, 2.24) is 5.32 Å². The molecule has 1 aromatic heterocycles. The van der Waals surface area contributed by atoms with Crippen molar-refractivity contribution in [3.05, 3.63) is 56.0 Å². The highest BCUT2D eigenvalue weighted by Gasteiger charge is 2.14. The van der Waals surface area contributed by atoms with E-state index in [1.165, 1.54) is 35.8 Å². The topological polar surface area (TPSA) is 12.0 Å². The molecule has 0 fully saturated rings. The van der Waals surface area contributed by atoms with E-state index in [-0.39, 0.29) is 10.8 Å².